The summed E-state index contributed by atoms with van der Waals surface area (Å²) in [6.07, 6.45) is 6.24. The summed E-state index contributed by atoms with van der Waals surface area (Å²) < 4.78 is 1.99. The monoisotopic (exact) mass is 208 g/mol. The number of piperidine rings is 1. The molecular weight excluding hydrogens is 188 g/mol. The molecular formula is C11H20N4. The molecule has 1 aromatic heterocycles. The molecule has 0 bridgehead atoms. The van der Waals surface area contributed by atoms with Crippen molar-refractivity contribution in [1.29, 1.82) is 0 Å². The highest BCUT2D eigenvalue weighted by molar-refractivity contribution is 4.82. The van der Waals surface area contributed by atoms with Crippen molar-refractivity contribution in [3.05, 3.63) is 18.5 Å². The largest absolute Gasteiger partial charge is 0.327 e. The fourth-order valence-electron chi connectivity index (χ4n) is 2.24. The quantitative estimate of drug-likeness (QED) is 0.795. The van der Waals surface area contributed by atoms with Crippen LogP contribution in [-0.4, -0.2) is 39.9 Å². The number of rotatable bonds is 3. The minimum atomic E-state index is 0.360. The van der Waals surface area contributed by atoms with E-state index < -0.39 is 0 Å². The Labute approximate surface area is 91.1 Å². The van der Waals surface area contributed by atoms with Gasteiger partial charge in [0.1, 0.15) is 0 Å². The fraction of sp³-hybridized carbons (Fsp3) is 0.727. The minimum absolute atomic E-state index is 0.360. The fourth-order valence-corrected chi connectivity index (χ4v) is 2.24. The molecule has 0 aliphatic carbocycles. The zero-order valence-electron chi connectivity index (χ0n) is 9.34. The first kappa shape index (κ1) is 10.6. The molecule has 1 fully saturated rings. The third-order valence-corrected chi connectivity index (χ3v) is 3.12. The lowest BCUT2D eigenvalue weighted by atomic mass is 10.1. The summed E-state index contributed by atoms with van der Waals surface area (Å²) in [4.78, 5) is 2.47. The van der Waals surface area contributed by atoms with Gasteiger partial charge in [0.05, 0.1) is 6.54 Å². The molecule has 4 nitrogen and oxygen atoms in total. The third kappa shape index (κ3) is 2.79. The van der Waals surface area contributed by atoms with E-state index in [9.17, 15) is 0 Å². The molecule has 2 atom stereocenters. The van der Waals surface area contributed by atoms with E-state index in [1.165, 1.54) is 19.4 Å². The predicted octanol–water partition coefficient (Wildman–Crippen LogP) is 0.695. The second kappa shape index (κ2) is 4.77. The van der Waals surface area contributed by atoms with Crippen LogP contribution in [0, 0.1) is 0 Å². The molecule has 84 valence electrons. The second-order valence-corrected chi connectivity index (χ2v) is 4.47. The molecule has 2 unspecified atom stereocenters. The highest BCUT2D eigenvalue weighted by atomic mass is 15.3. The van der Waals surface area contributed by atoms with Crippen LogP contribution in [0.5, 0.6) is 0 Å². The predicted molar refractivity (Wildman–Crippen MR) is 60.5 cm³/mol. The van der Waals surface area contributed by atoms with Crippen molar-refractivity contribution in [2.75, 3.05) is 13.1 Å². The lowest BCUT2D eigenvalue weighted by molar-refractivity contribution is 0.143. The molecule has 0 aromatic carbocycles. The zero-order valence-corrected chi connectivity index (χ0v) is 9.34. The molecule has 0 saturated carbocycles. The van der Waals surface area contributed by atoms with E-state index in [0.29, 0.717) is 12.1 Å². The average molecular weight is 208 g/mol. The van der Waals surface area contributed by atoms with E-state index in [4.69, 9.17) is 5.73 Å². The Balaban J connectivity index is 1.87. The molecule has 15 heavy (non-hydrogen) atoms. The maximum atomic E-state index is 5.97. The molecule has 2 N–H and O–H groups in total. The first-order valence-electron chi connectivity index (χ1n) is 5.73. The standard InChI is InChI=1S/C11H20N4/c1-10(8-15-7-3-5-13-15)14-6-2-4-11(12)9-14/h3,5,7,10-11H,2,4,6,8-9,12H2,1H3. The van der Waals surface area contributed by atoms with Gasteiger partial charge >= 0.3 is 0 Å². The number of aromatic nitrogens is 2. The van der Waals surface area contributed by atoms with E-state index in [1.54, 1.807) is 0 Å². The molecule has 1 aromatic rings. The lowest BCUT2D eigenvalue weighted by Crippen LogP contribution is -2.48. The smallest absolute Gasteiger partial charge is 0.0562 e. The van der Waals surface area contributed by atoms with Crippen molar-refractivity contribution >= 4 is 0 Å². The number of hydrogen-bond acceptors (Lipinski definition) is 3. The van der Waals surface area contributed by atoms with Crippen LogP contribution < -0.4 is 5.73 Å². The summed E-state index contributed by atoms with van der Waals surface area (Å²) in [7, 11) is 0. The van der Waals surface area contributed by atoms with Crippen molar-refractivity contribution in [3.8, 4) is 0 Å². The van der Waals surface area contributed by atoms with Crippen LogP contribution in [0.1, 0.15) is 19.8 Å². The Morgan fingerprint density at radius 1 is 1.60 bits per heavy atom. The Bertz CT molecular complexity index is 283. The van der Waals surface area contributed by atoms with Crippen molar-refractivity contribution in [1.82, 2.24) is 14.7 Å². The number of nitrogens with two attached hydrogens (primary N) is 1. The Morgan fingerprint density at radius 3 is 3.13 bits per heavy atom. The van der Waals surface area contributed by atoms with E-state index in [0.717, 1.165) is 13.1 Å². The first-order chi connectivity index (χ1) is 7.25. The molecule has 4 heteroatoms. The van der Waals surface area contributed by atoms with Gasteiger partial charge in [-0.05, 0) is 32.4 Å². The Hall–Kier alpha value is -0.870. The summed E-state index contributed by atoms with van der Waals surface area (Å²) in [5.74, 6) is 0. The van der Waals surface area contributed by atoms with Crippen molar-refractivity contribution < 1.29 is 0 Å². The van der Waals surface area contributed by atoms with Crippen LogP contribution >= 0.6 is 0 Å². The van der Waals surface area contributed by atoms with Gasteiger partial charge in [0.15, 0.2) is 0 Å². The molecule has 2 rings (SSSR count). The van der Waals surface area contributed by atoms with E-state index in [1.807, 2.05) is 23.1 Å². The Kier molecular flexibility index (Phi) is 3.38. The van der Waals surface area contributed by atoms with E-state index in [-0.39, 0.29) is 0 Å². The normalized spacial score (nSPS) is 25.3. The van der Waals surface area contributed by atoms with Crippen LogP contribution in [0.4, 0.5) is 0 Å². The lowest BCUT2D eigenvalue weighted by Gasteiger charge is -2.35. The van der Waals surface area contributed by atoms with Gasteiger partial charge in [0, 0.05) is 31.0 Å². The van der Waals surface area contributed by atoms with Gasteiger partial charge in [0.25, 0.3) is 0 Å². The van der Waals surface area contributed by atoms with Crippen LogP contribution in [0.2, 0.25) is 0 Å². The number of likely N-dealkylation sites (tertiary alicyclic amines) is 1. The second-order valence-electron chi connectivity index (χ2n) is 4.47. The topological polar surface area (TPSA) is 47.1 Å². The molecule has 1 aliphatic rings. The molecule has 2 heterocycles. The average Bonchev–Trinajstić information content (AvgIpc) is 2.70. The van der Waals surface area contributed by atoms with Gasteiger partial charge < -0.3 is 5.73 Å². The van der Waals surface area contributed by atoms with Crippen LogP contribution in [0.25, 0.3) is 0 Å². The summed E-state index contributed by atoms with van der Waals surface area (Å²) in [6.45, 7) is 5.41. The van der Waals surface area contributed by atoms with Crippen LogP contribution in [0.3, 0.4) is 0 Å². The molecule has 1 saturated heterocycles. The summed E-state index contributed by atoms with van der Waals surface area (Å²) in [6, 6.07) is 2.85. The molecule has 0 spiro atoms. The van der Waals surface area contributed by atoms with Gasteiger partial charge in [-0.1, -0.05) is 0 Å². The SMILES string of the molecule is CC(Cn1cccn1)N1CCCC(N)C1. The van der Waals surface area contributed by atoms with Gasteiger partial charge in [-0.3, -0.25) is 9.58 Å². The summed E-state index contributed by atoms with van der Waals surface area (Å²) in [5.41, 5.74) is 5.97. The van der Waals surface area contributed by atoms with E-state index >= 15 is 0 Å². The van der Waals surface area contributed by atoms with Crippen LogP contribution in [-0.2, 0) is 6.54 Å². The third-order valence-electron chi connectivity index (χ3n) is 3.12. The van der Waals surface area contributed by atoms with Gasteiger partial charge in [-0.2, -0.15) is 5.10 Å². The van der Waals surface area contributed by atoms with Gasteiger partial charge in [-0.15, -0.1) is 0 Å². The number of nitrogens with zero attached hydrogens (tertiary/aromatic N) is 3. The molecule has 0 radical (unpaired) electrons. The van der Waals surface area contributed by atoms with Gasteiger partial charge in [0.2, 0.25) is 0 Å². The highest BCUT2D eigenvalue weighted by Crippen LogP contribution is 2.12. The summed E-state index contributed by atoms with van der Waals surface area (Å²) >= 11 is 0. The first-order valence-corrected chi connectivity index (χ1v) is 5.73. The highest BCUT2D eigenvalue weighted by Gasteiger charge is 2.21. The Morgan fingerprint density at radius 2 is 2.47 bits per heavy atom. The van der Waals surface area contributed by atoms with Crippen molar-refractivity contribution in [2.24, 2.45) is 5.73 Å². The summed E-state index contributed by atoms with van der Waals surface area (Å²) in [5, 5.41) is 4.23. The maximum Gasteiger partial charge on any atom is 0.0562 e. The molecule has 0 amide bonds. The minimum Gasteiger partial charge on any atom is -0.327 e. The maximum absolute atomic E-state index is 5.97. The number of hydrogen-bond donors (Lipinski definition) is 1. The van der Waals surface area contributed by atoms with Gasteiger partial charge in [-0.25, -0.2) is 0 Å². The van der Waals surface area contributed by atoms with Crippen LogP contribution in [0.15, 0.2) is 18.5 Å². The van der Waals surface area contributed by atoms with E-state index in [2.05, 4.69) is 16.9 Å². The van der Waals surface area contributed by atoms with Crippen molar-refractivity contribution in [3.63, 3.8) is 0 Å². The molecule has 1 aliphatic heterocycles. The zero-order chi connectivity index (χ0) is 10.7. The van der Waals surface area contributed by atoms with Crippen molar-refractivity contribution in [2.45, 2.75) is 38.4 Å².